The molecule has 0 aliphatic carbocycles. The van der Waals surface area contributed by atoms with Crippen molar-refractivity contribution in [1.82, 2.24) is 5.32 Å². The molecule has 0 aromatic heterocycles. The first kappa shape index (κ1) is 26.1. The zero-order chi connectivity index (χ0) is 25.7. The summed E-state index contributed by atoms with van der Waals surface area (Å²) < 4.78 is 37.3. The molecule has 2 aliphatic rings. The van der Waals surface area contributed by atoms with E-state index in [1.165, 1.54) is 29.1 Å². The molecule has 9 heteroatoms. The first-order chi connectivity index (χ1) is 17.2. The Labute approximate surface area is 214 Å². The van der Waals surface area contributed by atoms with Gasteiger partial charge in [-0.3, -0.25) is 9.10 Å². The Balaban J connectivity index is 1.30. The predicted molar refractivity (Wildman–Crippen MR) is 142 cm³/mol. The van der Waals surface area contributed by atoms with Gasteiger partial charge in [0.1, 0.15) is 13.2 Å². The fourth-order valence-corrected chi connectivity index (χ4v) is 5.81. The number of rotatable bonds is 9. The summed E-state index contributed by atoms with van der Waals surface area (Å²) in [5, 5.41) is 3.04. The second-order valence-electron chi connectivity index (χ2n) is 9.84. The van der Waals surface area contributed by atoms with E-state index < -0.39 is 10.0 Å². The number of benzene rings is 2. The number of sulfonamides is 1. The van der Waals surface area contributed by atoms with E-state index in [1.807, 2.05) is 6.92 Å². The smallest absolute Gasteiger partial charge is 0.232 e. The van der Waals surface area contributed by atoms with E-state index in [0.29, 0.717) is 42.7 Å². The first-order valence-electron chi connectivity index (χ1n) is 12.7. The minimum absolute atomic E-state index is 0.105. The molecule has 2 aromatic carbocycles. The first-order valence-corrected chi connectivity index (χ1v) is 14.6. The monoisotopic (exact) mass is 515 g/mol. The molecule has 36 heavy (non-hydrogen) atoms. The average Bonchev–Trinajstić information content (AvgIpc) is 2.85. The molecule has 2 aliphatic heterocycles. The maximum Gasteiger partial charge on any atom is 0.232 e. The molecule has 8 nitrogen and oxygen atoms in total. The van der Waals surface area contributed by atoms with Gasteiger partial charge in [0, 0.05) is 37.8 Å². The van der Waals surface area contributed by atoms with Crippen molar-refractivity contribution in [2.45, 2.75) is 45.6 Å². The SMILES string of the molecule is CC1CCCN(c2ccc(C(C)NC(=O)CCCN(c3ccc4c(c3)OCCO4)S(C)(=O)=O)cc2)C1. The van der Waals surface area contributed by atoms with Gasteiger partial charge in [-0.05, 0) is 61.9 Å². The molecule has 2 aromatic rings. The van der Waals surface area contributed by atoms with Crippen molar-refractivity contribution in [3.8, 4) is 11.5 Å². The highest BCUT2D eigenvalue weighted by Gasteiger charge is 2.21. The molecular weight excluding hydrogens is 478 g/mol. The van der Waals surface area contributed by atoms with Crippen LogP contribution >= 0.6 is 0 Å². The average molecular weight is 516 g/mol. The summed E-state index contributed by atoms with van der Waals surface area (Å²) in [6.07, 6.45) is 4.30. The number of anilines is 2. The quantitative estimate of drug-likeness (QED) is 0.541. The van der Waals surface area contributed by atoms with Gasteiger partial charge in [-0.15, -0.1) is 0 Å². The lowest BCUT2D eigenvalue weighted by Gasteiger charge is -2.33. The predicted octanol–water partition coefficient (Wildman–Crippen LogP) is 4.12. The third-order valence-electron chi connectivity index (χ3n) is 6.77. The van der Waals surface area contributed by atoms with Crippen LogP contribution in [0.3, 0.4) is 0 Å². The zero-order valence-corrected chi connectivity index (χ0v) is 22.2. The lowest BCUT2D eigenvalue weighted by molar-refractivity contribution is -0.121. The van der Waals surface area contributed by atoms with Crippen LogP contribution in [-0.2, 0) is 14.8 Å². The number of nitrogens with one attached hydrogen (secondary N) is 1. The molecule has 1 N–H and O–H groups in total. The summed E-state index contributed by atoms with van der Waals surface area (Å²) in [5.41, 5.74) is 2.77. The largest absolute Gasteiger partial charge is 0.486 e. The summed E-state index contributed by atoms with van der Waals surface area (Å²) in [7, 11) is -3.52. The number of amides is 1. The van der Waals surface area contributed by atoms with Crippen molar-refractivity contribution < 1.29 is 22.7 Å². The van der Waals surface area contributed by atoms with Gasteiger partial charge in [-0.2, -0.15) is 0 Å². The number of hydrogen-bond donors (Lipinski definition) is 1. The molecule has 2 unspecified atom stereocenters. The number of carbonyl (C=O) groups is 1. The Morgan fingerprint density at radius 1 is 1.14 bits per heavy atom. The normalized spacial score (nSPS) is 18.4. The highest BCUT2D eigenvalue weighted by molar-refractivity contribution is 7.92. The number of ether oxygens (including phenoxy) is 2. The lowest BCUT2D eigenvalue weighted by Crippen LogP contribution is -2.34. The maximum atomic E-state index is 12.6. The van der Waals surface area contributed by atoms with Crippen LogP contribution in [0, 0.1) is 5.92 Å². The van der Waals surface area contributed by atoms with E-state index in [0.717, 1.165) is 18.7 Å². The van der Waals surface area contributed by atoms with Crippen LogP contribution in [0.15, 0.2) is 42.5 Å². The second-order valence-corrected chi connectivity index (χ2v) is 11.7. The highest BCUT2D eigenvalue weighted by atomic mass is 32.2. The van der Waals surface area contributed by atoms with E-state index in [4.69, 9.17) is 9.47 Å². The fourth-order valence-electron chi connectivity index (χ4n) is 4.85. The van der Waals surface area contributed by atoms with Gasteiger partial charge >= 0.3 is 0 Å². The molecule has 0 bridgehead atoms. The number of piperidine rings is 1. The van der Waals surface area contributed by atoms with E-state index in [9.17, 15) is 13.2 Å². The third kappa shape index (κ3) is 6.63. The van der Waals surface area contributed by atoms with Crippen LogP contribution in [0.5, 0.6) is 11.5 Å². The summed E-state index contributed by atoms with van der Waals surface area (Å²) in [6, 6.07) is 13.4. The molecular formula is C27H37N3O5S. The Kier molecular flexibility index (Phi) is 8.28. The number of nitrogens with zero attached hydrogens (tertiary/aromatic N) is 2. The van der Waals surface area contributed by atoms with Gasteiger partial charge in [0.05, 0.1) is 18.0 Å². The minimum Gasteiger partial charge on any atom is -0.486 e. The molecule has 1 fully saturated rings. The van der Waals surface area contributed by atoms with Crippen molar-refractivity contribution in [1.29, 1.82) is 0 Å². The van der Waals surface area contributed by atoms with Gasteiger partial charge in [0.15, 0.2) is 11.5 Å². The minimum atomic E-state index is -3.52. The van der Waals surface area contributed by atoms with Crippen LogP contribution in [-0.4, -0.2) is 53.4 Å². The van der Waals surface area contributed by atoms with E-state index >= 15 is 0 Å². The van der Waals surface area contributed by atoms with Crippen LogP contribution in [0.25, 0.3) is 0 Å². The summed E-state index contributed by atoms with van der Waals surface area (Å²) in [4.78, 5) is 15.0. The highest BCUT2D eigenvalue weighted by Crippen LogP contribution is 2.34. The third-order valence-corrected chi connectivity index (χ3v) is 7.97. The van der Waals surface area contributed by atoms with Crippen LogP contribution in [0.2, 0.25) is 0 Å². The Hall–Kier alpha value is -2.94. The van der Waals surface area contributed by atoms with Crippen molar-refractivity contribution >= 4 is 27.3 Å². The number of carbonyl (C=O) groups excluding carboxylic acids is 1. The van der Waals surface area contributed by atoms with E-state index in [-0.39, 0.29) is 24.9 Å². The van der Waals surface area contributed by atoms with Gasteiger partial charge in [-0.1, -0.05) is 19.1 Å². The molecule has 196 valence electrons. The van der Waals surface area contributed by atoms with Crippen molar-refractivity contribution in [3.05, 3.63) is 48.0 Å². The zero-order valence-electron chi connectivity index (χ0n) is 21.4. The summed E-state index contributed by atoms with van der Waals surface area (Å²) in [6.45, 7) is 7.53. The Bertz CT molecular complexity index is 1150. The summed E-state index contributed by atoms with van der Waals surface area (Å²) in [5.74, 6) is 1.74. The number of hydrogen-bond acceptors (Lipinski definition) is 6. The maximum absolute atomic E-state index is 12.6. The second kappa shape index (κ2) is 11.4. The van der Waals surface area contributed by atoms with Crippen molar-refractivity contribution in [2.24, 2.45) is 5.92 Å². The standard InChI is InChI=1S/C27H37N3O5S/c1-20-6-4-14-29(19-20)23-10-8-22(9-11-23)21(2)28-27(31)7-5-15-30(36(3,32)33)24-12-13-25-26(18-24)35-17-16-34-25/h8-13,18,20-21H,4-7,14-17,19H2,1-3H3,(H,28,31). The molecule has 2 heterocycles. The topological polar surface area (TPSA) is 88.2 Å². The molecule has 2 atom stereocenters. The number of fused-ring (bicyclic) bond motifs is 1. The van der Waals surface area contributed by atoms with Crippen LogP contribution < -0.4 is 24.0 Å². The Morgan fingerprint density at radius 3 is 2.56 bits per heavy atom. The lowest BCUT2D eigenvalue weighted by atomic mass is 9.99. The molecule has 4 rings (SSSR count). The molecule has 1 saturated heterocycles. The molecule has 0 saturated carbocycles. The van der Waals surface area contributed by atoms with Gasteiger partial charge < -0.3 is 19.7 Å². The van der Waals surface area contributed by atoms with Crippen LogP contribution in [0.4, 0.5) is 11.4 Å². The van der Waals surface area contributed by atoms with Gasteiger partial charge in [0.2, 0.25) is 15.9 Å². The van der Waals surface area contributed by atoms with Crippen molar-refractivity contribution in [3.63, 3.8) is 0 Å². The Morgan fingerprint density at radius 2 is 1.86 bits per heavy atom. The van der Waals surface area contributed by atoms with Gasteiger partial charge in [0.25, 0.3) is 0 Å². The van der Waals surface area contributed by atoms with Crippen LogP contribution in [0.1, 0.15) is 51.1 Å². The van der Waals surface area contributed by atoms with Crippen molar-refractivity contribution in [2.75, 3.05) is 48.3 Å². The molecule has 0 spiro atoms. The molecule has 0 radical (unpaired) electrons. The fraction of sp³-hybridized carbons (Fsp3) is 0.519. The van der Waals surface area contributed by atoms with E-state index in [1.54, 1.807) is 18.2 Å². The van der Waals surface area contributed by atoms with E-state index in [2.05, 4.69) is 41.4 Å². The van der Waals surface area contributed by atoms with Gasteiger partial charge in [-0.25, -0.2) is 8.42 Å². The molecule has 1 amide bonds. The summed E-state index contributed by atoms with van der Waals surface area (Å²) >= 11 is 0.